The van der Waals surface area contributed by atoms with Gasteiger partial charge in [0.1, 0.15) is 0 Å². The molecule has 0 aliphatic carbocycles. The van der Waals surface area contributed by atoms with Gasteiger partial charge in [0, 0.05) is 38.5 Å². The van der Waals surface area contributed by atoms with Gasteiger partial charge in [0.05, 0.1) is 24.6 Å². The number of ether oxygens (including phenoxy) is 1. The minimum Gasteiger partial charge on any atom is -0.448 e. The Morgan fingerprint density at radius 2 is 1.93 bits per heavy atom. The van der Waals surface area contributed by atoms with Gasteiger partial charge in [-0.15, -0.1) is 12.4 Å². The maximum absolute atomic E-state index is 12.0. The van der Waals surface area contributed by atoms with Gasteiger partial charge >= 0.3 is 6.09 Å². The third-order valence-corrected chi connectivity index (χ3v) is 4.84. The highest BCUT2D eigenvalue weighted by molar-refractivity contribution is 6.36. The van der Waals surface area contributed by atoms with Crippen LogP contribution in [0.4, 0.5) is 4.79 Å². The number of nitrogens with zero attached hydrogens (tertiary/aromatic N) is 3. The average Bonchev–Trinajstić information content (AvgIpc) is 3.02. The maximum atomic E-state index is 12.0. The second kappa shape index (κ2) is 8.35. The fourth-order valence-electron chi connectivity index (χ4n) is 3.09. The quantitative estimate of drug-likeness (QED) is 0.523. The number of benzene rings is 2. The Balaban J connectivity index is 0.00000225. The number of carbonyl (C=O) groups excluding carboxylic acids is 1. The number of hydrogen-bond donors (Lipinski definition) is 0. The number of fused-ring (bicyclic) bond motifs is 3. The summed E-state index contributed by atoms with van der Waals surface area (Å²) in [5.41, 5.74) is 4.75. The molecule has 1 aromatic heterocycles. The van der Waals surface area contributed by atoms with Gasteiger partial charge in [0.15, 0.2) is 0 Å². The molecule has 0 saturated heterocycles. The Morgan fingerprint density at radius 1 is 1.14 bits per heavy atom. The zero-order chi connectivity index (χ0) is 19.0. The van der Waals surface area contributed by atoms with Gasteiger partial charge in [0.2, 0.25) is 0 Å². The first-order chi connectivity index (χ1) is 13.1. The Morgan fingerprint density at radius 3 is 2.68 bits per heavy atom. The largest absolute Gasteiger partial charge is 0.448 e. The molecule has 0 saturated carbocycles. The molecule has 0 N–H and O–H groups in total. The summed E-state index contributed by atoms with van der Waals surface area (Å²) in [6.07, 6.45) is 1.14. The molecule has 0 amide bonds. The van der Waals surface area contributed by atoms with Crippen LogP contribution in [-0.2, 0) is 11.3 Å². The lowest BCUT2D eigenvalue weighted by molar-refractivity contribution is 0.150. The molecule has 8 heteroatoms. The predicted octanol–water partition coefficient (Wildman–Crippen LogP) is 5.63. The molecule has 0 fully saturated rings. The van der Waals surface area contributed by atoms with Crippen LogP contribution in [0.1, 0.15) is 23.6 Å². The molecule has 144 valence electrons. The van der Waals surface area contributed by atoms with Crippen molar-refractivity contribution < 1.29 is 9.53 Å². The van der Waals surface area contributed by atoms with Crippen molar-refractivity contribution in [1.82, 2.24) is 9.78 Å². The molecule has 0 unspecified atom stereocenters. The zero-order valence-corrected chi connectivity index (χ0v) is 17.2. The summed E-state index contributed by atoms with van der Waals surface area (Å²) < 4.78 is 6.25. The average molecular weight is 437 g/mol. The summed E-state index contributed by atoms with van der Waals surface area (Å²) >= 11 is 12.7. The first-order valence-electron chi connectivity index (χ1n) is 8.43. The molecule has 0 atom stereocenters. The first kappa shape index (κ1) is 20.4. The molecule has 3 aromatic rings. The van der Waals surface area contributed by atoms with E-state index >= 15 is 0 Å². The number of carbonyl (C=O) groups is 1. The van der Waals surface area contributed by atoms with Crippen molar-refractivity contribution in [2.75, 3.05) is 6.61 Å². The standard InChI is InChI=1S/C20H15Cl2N3O2.ClH/c1-2-27-20(26)25-11-12-10-23-19(15-5-3-4-6-17(15)22)16-9-13(21)7-8-14(16)18(12)24-25;/h3-9,11H,2,10H2,1H3;1H. The van der Waals surface area contributed by atoms with Crippen molar-refractivity contribution in [3.8, 4) is 11.3 Å². The van der Waals surface area contributed by atoms with Crippen LogP contribution < -0.4 is 0 Å². The molecule has 2 aromatic carbocycles. The second-order valence-corrected chi connectivity index (χ2v) is 6.82. The van der Waals surface area contributed by atoms with Gasteiger partial charge in [-0.25, -0.2) is 4.79 Å². The molecule has 1 aliphatic rings. The van der Waals surface area contributed by atoms with E-state index < -0.39 is 6.09 Å². The lowest BCUT2D eigenvalue weighted by Crippen LogP contribution is -2.14. The summed E-state index contributed by atoms with van der Waals surface area (Å²) in [5, 5.41) is 5.64. The van der Waals surface area contributed by atoms with Crippen molar-refractivity contribution >= 4 is 47.4 Å². The molecule has 1 aliphatic heterocycles. The summed E-state index contributed by atoms with van der Waals surface area (Å²) in [7, 11) is 0. The van der Waals surface area contributed by atoms with Crippen LogP contribution in [-0.4, -0.2) is 28.2 Å². The van der Waals surface area contributed by atoms with E-state index in [0.29, 0.717) is 22.3 Å². The zero-order valence-electron chi connectivity index (χ0n) is 14.9. The third-order valence-electron chi connectivity index (χ3n) is 4.27. The smallest absolute Gasteiger partial charge is 0.434 e. The van der Waals surface area contributed by atoms with Crippen molar-refractivity contribution in [3.05, 3.63) is 75.4 Å². The lowest BCUT2D eigenvalue weighted by atomic mass is 9.95. The molecule has 28 heavy (non-hydrogen) atoms. The van der Waals surface area contributed by atoms with Gasteiger partial charge in [-0.1, -0.05) is 47.5 Å². The first-order valence-corrected chi connectivity index (χ1v) is 9.19. The van der Waals surface area contributed by atoms with Crippen molar-refractivity contribution in [1.29, 1.82) is 0 Å². The van der Waals surface area contributed by atoms with E-state index in [9.17, 15) is 4.79 Å². The SMILES string of the molecule is CCOC(=O)n1cc2c(n1)-c1ccc(Cl)cc1C(c1ccccc1Cl)=NC2.Cl. The summed E-state index contributed by atoms with van der Waals surface area (Å²) in [4.78, 5) is 16.8. The molecule has 0 bridgehead atoms. The molecule has 0 radical (unpaired) electrons. The third kappa shape index (κ3) is 3.65. The number of aliphatic imine (C=N–C) groups is 1. The van der Waals surface area contributed by atoms with Gasteiger partial charge < -0.3 is 4.74 Å². The number of aromatic nitrogens is 2. The molecular weight excluding hydrogens is 421 g/mol. The van der Waals surface area contributed by atoms with Crippen LogP contribution in [0.5, 0.6) is 0 Å². The second-order valence-electron chi connectivity index (χ2n) is 5.98. The van der Waals surface area contributed by atoms with E-state index in [1.807, 2.05) is 36.4 Å². The predicted molar refractivity (Wildman–Crippen MR) is 113 cm³/mol. The molecular formula is C20H16Cl3N3O2. The Hall–Kier alpha value is -2.34. The molecule has 2 heterocycles. The van der Waals surface area contributed by atoms with Crippen molar-refractivity contribution in [2.24, 2.45) is 4.99 Å². The molecule has 5 nitrogen and oxygen atoms in total. The van der Waals surface area contributed by atoms with Gasteiger partial charge in [-0.05, 0) is 25.1 Å². The molecule has 4 rings (SSSR count). The van der Waals surface area contributed by atoms with Gasteiger partial charge in [-0.2, -0.15) is 9.78 Å². The summed E-state index contributed by atoms with van der Waals surface area (Å²) in [6, 6.07) is 13.1. The van der Waals surface area contributed by atoms with E-state index in [2.05, 4.69) is 5.10 Å². The monoisotopic (exact) mass is 435 g/mol. The fraction of sp³-hybridized carbons (Fsp3) is 0.150. The summed E-state index contributed by atoms with van der Waals surface area (Å²) in [5.74, 6) is 0. The highest BCUT2D eigenvalue weighted by atomic mass is 35.5. The van der Waals surface area contributed by atoms with Gasteiger partial charge in [-0.3, -0.25) is 4.99 Å². The Labute approximate surface area is 178 Å². The van der Waals surface area contributed by atoms with Crippen molar-refractivity contribution in [2.45, 2.75) is 13.5 Å². The number of hydrogen-bond acceptors (Lipinski definition) is 4. The Bertz CT molecular complexity index is 1080. The van der Waals surface area contributed by atoms with E-state index in [1.165, 1.54) is 4.68 Å². The van der Waals surface area contributed by atoms with Crippen LogP contribution in [0, 0.1) is 0 Å². The van der Waals surface area contributed by atoms with E-state index in [1.54, 1.807) is 19.2 Å². The topological polar surface area (TPSA) is 56.5 Å². The minimum atomic E-state index is -0.517. The minimum absolute atomic E-state index is 0. The molecule has 0 spiro atoms. The van der Waals surface area contributed by atoms with Crippen LogP contribution >= 0.6 is 35.6 Å². The number of halogens is 3. The van der Waals surface area contributed by atoms with Crippen LogP contribution in [0.25, 0.3) is 11.3 Å². The van der Waals surface area contributed by atoms with E-state index in [4.69, 9.17) is 32.9 Å². The van der Waals surface area contributed by atoms with E-state index in [0.717, 1.165) is 28.0 Å². The Kier molecular flexibility index (Phi) is 6.08. The highest BCUT2D eigenvalue weighted by Crippen LogP contribution is 2.34. The van der Waals surface area contributed by atoms with Gasteiger partial charge in [0.25, 0.3) is 0 Å². The summed E-state index contributed by atoms with van der Waals surface area (Å²) in [6.45, 7) is 2.40. The van der Waals surface area contributed by atoms with E-state index in [-0.39, 0.29) is 19.0 Å². The van der Waals surface area contributed by atoms with Crippen LogP contribution in [0.2, 0.25) is 10.0 Å². The maximum Gasteiger partial charge on any atom is 0.434 e. The lowest BCUT2D eigenvalue weighted by Gasteiger charge is -2.12. The fourth-order valence-corrected chi connectivity index (χ4v) is 3.48. The highest BCUT2D eigenvalue weighted by Gasteiger charge is 2.24. The number of rotatable bonds is 2. The van der Waals surface area contributed by atoms with Crippen LogP contribution in [0.3, 0.4) is 0 Å². The van der Waals surface area contributed by atoms with Crippen molar-refractivity contribution in [3.63, 3.8) is 0 Å². The normalized spacial score (nSPS) is 12.2. The van der Waals surface area contributed by atoms with Crippen LogP contribution in [0.15, 0.2) is 53.7 Å².